The Morgan fingerprint density at radius 3 is 2.00 bits per heavy atom. The van der Waals surface area contributed by atoms with Gasteiger partial charge in [-0.2, -0.15) is 0 Å². The summed E-state index contributed by atoms with van der Waals surface area (Å²) in [5, 5.41) is 10.0. The summed E-state index contributed by atoms with van der Waals surface area (Å²) in [6.45, 7) is 3.04. The number of benzene rings is 2. The molecule has 0 radical (unpaired) electrons. The highest BCUT2D eigenvalue weighted by atomic mass is 35.5. The van der Waals surface area contributed by atoms with Gasteiger partial charge in [-0.05, 0) is 49.2 Å². The standard InChI is InChI=1S/C21H22ClN3O6S/c1-21(2)19(28)24(20(29)23(21)3)17(12-18(26)27)25(32(30)31)16-10-6-14(7-11-16)13-4-8-15(22)9-5-13/h4-11,17H,12H2,1-3H3,(H,26,27)(H,30,31). The topological polar surface area (TPSA) is 118 Å². The highest BCUT2D eigenvalue weighted by molar-refractivity contribution is 7.80. The normalized spacial score (nSPS) is 17.4. The van der Waals surface area contributed by atoms with Crippen molar-refractivity contribution in [1.82, 2.24) is 9.80 Å². The first-order valence-electron chi connectivity index (χ1n) is 9.54. The molecule has 1 fully saturated rings. The van der Waals surface area contributed by atoms with Gasteiger partial charge in [0.25, 0.3) is 17.2 Å². The van der Waals surface area contributed by atoms with Gasteiger partial charge >= 0.3 is 12.0 Å². The van der Waals surface area contributed by atoms with Crippen LogP contribution in [0.15, 0.2) is 48.5 Å². The van der Waals surface area contributed by atoms with Gasteiger partial charge in [0.2, 0.25) is 0 Å². The van der Waals surface area contributed by atoms with Crippen molar-refractivity contribution in [1.29, 1.82) is 0 Å². The second kappa shape index (κ2) is 8.89. The molecule has 0 saturated carbocycles. The molecule has 32 heavy (non-hydrogen) atoms. The van der Waals surface area contributed by atoms with Crippen molar-refractivity contribution < 1.29 is 28.3 Å². The van der Waals surface area contributed by atoms with E-state index >= 15 is 0 Å². The van der Waals surface area contributed by atoms with Crippen molar-refractivity contribution >= 4 is 46.5 Å². The number of imide groups is 1. The van der Waals surface area contributed by atoms with Crippen molar-refractivity contribution in [3.63, 3.8) is 0 Å². The van der Waals surface area contributed by atoms with E-state index in [-0.39, 0.29) is 5.69 Å². The number of urea groups is 1. The van der Waals surface area contributed by atoms with Crippen molar-refractivity contribution in [3.05, 3.63) is 53.6 Å². The highest BCUT2D eigenvalue weighted by Crippen LogP contribution is 2.33. The fraction of sp³-hybridized carbons (Fsp3) is 0.286. The number of likely N-dealkylation sites (N-methyl/N-ethyl adjacent to an activating group) is 1. The molecule has 2 N–H and O–H groups in total. The summed E-state index contributed by atoms with van der Waals surface area (Å²) in [5.74, 6) is -2.00. The van der Waals surface area contributed by atoms with Crippen molar-refractivity contribution in [2.24, 2.45) is 0 Å². The molecule has 0 aliphatic carbocycles. The number of halogens is 1. The first-order valence-corrected chi connectivity index (χ1v) is 11.0. The molecule has 170 valence electrons. The zero-order valence-corrected chi connectivity index (χ0v) is 19.1. The van der Waals surface area contributed by atoms with Gasteiger partial charge in [-0.1, -0.05) is 35.9 Å². The third kappa shape index (κ3) is 4.34. The Balaban J connectivity index is 2.03. The number of nitrogens with zero attached hydrogens (tertiary/aromatic N) is 3. The first-order chi connectivity index (χ1) is 14.9. The lowest BCUT2D eigenvalue weighted by molar-refractivity contribution is -0.139. The number of hydrogen-bond donors (Lipinski definition) is 2. The second-order valence-electron chi connectivity index (χ2n) is 7.76. The molecule has 1 aliphatic heterocycles. The molecular formula is C21H22ClN3O6S. The molecule has 2 aromatic carbocycles. The number of aliphatic carboxylic acids is 1. The largest absolute Gasteiger partial charge is 0.481 e. The molecule has 2 aromatic rings. The van der Waals surface area contributed by atoms with E-state index in [9.17, 15) is 28.3 Å². The number of carboxylic acids is 1. The van der Waals surface area contributed by atoms with Crippen LogP contribution in [0.1, 0.15) is 20.3 Å². The van der Waals surface area contributed by atoms with Crippen molar-refractivity contribution in [3.8, 4) is 11.1 Å². The van der Waals surface area contributed by atoms with Crippen LogP contribution >= 0.6 is 11.6 Å². The fourth-order valence-electron chi connectivity index (χ4n) is 3.43. The van der Waals surface area contributed by atoms with E-state index in [1.54, 1.807) is 24.3 Å². The Kier molecular flexibility index (Phi) is 6.59. The summed E-state index contributed by atoms with van der Waals surface area (Å²) in [7, 11) is 1.42. The minimum Gasteiger partial charge on any atom is -0.481 e. The van der Waals surface area contributed by atoms with Crippen LogP contribution in [0.25, 0.3) is 11.1 Å². The van der Waals surface area contributed by atoms with Crippen molar-refractivity contribution in [2.75, 3.05) is 11.4 Å². The van der Waals surface area contributed by atoms with Crippen LogP contribution < -0.4 is 4.31 Å². The molecule has 2 unspecified atom stereocenters. The predicted octanol–water partition coefficient (Wildman–Crippen LogP) is 3.42. The SMILES string of the molecule is CN1C(=O)N(C(CC(=O)O)N(c2ccc(-c3ccc(Cl)cc3)cc2)S(=O)O)C(=O)C1(C)C. The first kappa shape index (κ1) is 23.7. The number of hydrogen-bond acceptors (Lipinski definition) is 4. The van der Waals surface area contributed by atoms with Crippen LogP contribution in [0.2, 0.25) is 5.02 Å². The Hall–Kier alpha value is -2.95. The van der Waals surface area contributed by atoms with E-state index in [1.165, 1.54) is 37.9 Å². The zero-order valence-electron chi connectivity index (χ0n) is 17.6. The van der Waals surface area contributed by atoms with Crippen LogP contribution in [0.4, 0.5) is 10.5 Å². The van der Waals surface area contributed by atoms with Crippen LogP contribution in [0, 0.1) is 0 Å². The number of carbonyl (C=O) groups excluding carboxylic acids is 2. The number of carboxylic acid groups (broad SMARTS) is 1. The Labute approximate surface area is 192 Å². The zero-order chi connectivity index (χ0) is 23.8. The molecule has 2 atom stereocenters. The molecule has 9 nitrogen and oxygen atoms in total. The summed E-state index contributed by atoms with van der Waals surface area (Å²) >= 11 is 3.18. The minimum atomic E-state index is -2.73. The lowest BCUT2D eigenvalue weighted by atomic mass is 10.0. The maximum atomic E-state index is 12.9. The Morgan fingerprint density at radius 2 is 1.59 bits per heavy atom. The third-order valence-corrected chi connectivity index (χ3v) is 6.51. The average Bonchev–Trinajstić information content (AvgIpc) is 2.87. The Morgan fingerprint density at radius 1 is 1.09 bits per heavy atom. The van der Waals surface area contributed by atoms with Crippen LogP contribution in [0.3, 0.4) is 0 Å². The summed E-state index contributed by atoms with van der Waals surface area (Å²) < 4.78 is 23.2. The number of rotatable bonds is 7. The summed E-state index contributed by atoms with van der Waals surface area (Å²) in [5.41, 5.74) is 0.586. The van der Waals surface area contributed by atoms with Gasteiger partial charge in [0.15, 0.2) is 0 Å². The molecule has 1 heterocycles. The quantitative estimate of drug-likeness (QED) is 0.464. The smallest absolute Gasteiger partial charge is 0.329 e. The molecule has 3 amide bonds. The number of amides is 3. The molecular weight excluding hydrogens is 458 g/mol. The Bertz CT molecular complexity index is 1070. The van der Waals surface area contributed by atoms with Crippen molar-refractivity contribution in [2.45, 2.75) is 32.0 Å². The van der Waals surface area contributed by atoms with Gasteiger partial charge in [0.05, 0.1) is 12.1 Å². The number of carbonyl (C=O) groups is 3. The third-order valence-electron chi connectivity index (χ3n) is 5.47. The van der Waals surface area contributed by atoms with Gasteiger partial charge in [-0.15, -0.1) is 0 Å². The summed E-state index contributed by atoms with van der Waals surface area (Å²) in [6, 6.07) is 12.7. The predicted molar refractivity (Wildman–Crippen MR) is 120 cm³/mol. The van der Waals surface area contributed by atoms with Gasteiger partial charge in [0.1, 0.15) is 11.7 Å². The van der Waals surface area contributed by atoms with Gasteiger partial charge in [0, 0.05) is 12.1 Å². The highest BCUT2D eigenvalue weighted by Gasteiger charge is 2.54. The van der Waals surface area contributed by atoms with Gasteiger partial charge in [-0.3, -0.25) is 14.1 Å². The molecule has 11 heteroatoms. The van der Waals surface area contributed by atoms with Crippen LogP contribution in [-0.4, -0.2) is 60.3 Å². The molecule has 1 saturated heterocycles. The average molecular weight is 480 g/mol. The molecule has 0 spiro atoms. The number of anilines is 1. The van der Waals surface area contributed by atoms with E-state index in [0.717, 1.165) is 20.3 Å². The van der Waals surface area contributed by atoms with Gasteiger partial charge < -0.3 is 10.0 Å². The van der Waals surface area contributed by atoms with Crippen LogP contribution in [-0.2, 0) is 20.9 Å². The fourth-order valence-corrected chi connectivity index (χ4v) is 4.24. The lowest BCUT2D eigenvalue weighted by Gasteiger charge is -2.34. The van der Waals surface area contributed by atoms with E-state index in [2.05, 4.69) is 0 Å². The maximum Gasteiger partial charge on any atom is 0.329 e. The second-order valence-corrected chi connectivity index (χ2v) is 9.06. The minimum absolute atomic E-state index is 0.169. The summed E-state index contributed by atoms with van der Waals surface area (Å²) in [4.78, 5) is 39.2. The lowest BCUT2D eigenvalue weighted by Crippen LogP contribution is -2.53. The van der Waals surface area contributed by atoms with E-state index < -0.39 is 47.3 Å². The summed E-state index contributed by atoms with van der Waals surface area (Å²) in [6.07, 6.45) is -2.25. The van der Waals surface area contributed by atoms with Gasteiger partial charge in [-0.25, -0.2) is 18.2 Å². The maximum absolute atomic E-state index is 12.9. The monoisotopic (exact) mass is 479 g/mol. The van der Waals surface area contributed by atoms with E-state index in [4.69, 9.17) is 11.6 Å². The molecule has 0 bridgehead atoms. The van der Waals surface area contributed by atoms with E-state index in [0.29, 0.717) is 5.02 Å². The molecule has 0 aromatic heterocycles. The molecule has 1 aliphatic rings. The van der Waals surface area contributed by atoms with Crippen LogP contribution in [0.5, 0.6) is 0 Å². The van der Waals surface area contributed by atoms with E-state index in [1.807, 2.05) is 12.1 Å². The molecule has 3 rings (SSSR count).